The van der Waals surface area contributed by atoms with Crippen molar-refractivity contribution in [3.05, 3.63) is 0 Å². The van der Waals surface area contributed by atoms with Crippen molar-refractivity contribution < 1.29 is 38.0 Å². The third-order valence-corrected chi connectivity index (χ3v) is 2.04. The molecule has 0 spiro atoms. The summed E-state index contributed by atoms with van der Waals surface area (Å²) in [5, 5.41) is 0. The molecule has 0 saturated heterocycles. The van der Waals surface area contributed by atoms with Crippen LogP contribution in [-0.2, 0) is 38.0 Å². The molecule has 0 fully saturated rings. The highest BCUT2D eigenvalue weighted by molar-refractivity contribution is 5.85. The monoisotopic (exact) mass is 294 g/mol. The molecule has 0 aliphatic rings. The smallest absolute Gasteiger partial charge is 0.338 e. The molecule has 0 aliphatic heterocycles. The highest BCUT2D eigenvalue weighted by Gasteiger charge is 2.38. The van der Waals surface area contributed by atoms with Crippen LogP contribution in [0.15, 0.2) is 0 Å². The number of methoxy groups -OCH3 is 2. The van der Waals surface area contributed by atoms with E-state index < -0.39 is 24.1 Å². The molecule has 0 saturated carbocycles. The molecule has 0 bridgehead atoms. The molecule has 8 heteroatoms. The Morgan fingerprint density at radius 2 is 1.15 bits per heavy atom. The molecule has 2 atom stereocenters. The van der Waals surface area contributed by atoms with Gasteiger partial charge < -0.3 is 28.4 Å². The fourth-order valence-electron chi connectivity index (χ4n) is 1.29. The number of ether oxygens (including phenoxy) is 6. The Balaban J connectivity index is 4.93. The minimum Gasteiger partial charge on any atom is -0.464 e. The van der Waals surface area contributed by atoms with Crippen molar-refractivity contribution in [1.82, 2.24) is 0 Å². The van der Waals surface area contributed by atoms with E-state index in [4.69, 9.17) is 28.4 Å². The van der Waals surface area contributed by atoms with Gasteiger partial charge in [0.1, 0.15) is 13.6 Å². The van der Waals surface area contributed by atoms with E-state index in [1.807, 2.05) is 0 Å². The lowest BCUT2D eigenvalue weighted by Crippen LogP contribution is -2.46. The van der Waals surface area contributed by atoms with Gasteiger partial charge in [-0.3, -0.25) is 0 Å². The second kappa shape index (κ2) is 11.6. The predicted octanol–water partition coefficient (Wildman–Crippen LogP) is 0.0908. The Morgan fingerprint density at radius 1 is 0.800 bits per heavy atom. The molecule has 0 aromatic carbocycles. The van der Waals surface area contributed by atoms with Crippen LogP contribution in [0.1, 0.15) is 13.8 Å². The Bertz CT molecular complexity index is 253. The zero-order valence-electron chi connectivity index (χ0n) is 12.2. The molecule has 0 aromatic rings. The highest BCUT2D eigenvalue weighted by Crippen LogP contribution is 2.10. The van der Waals surface area contributed by atoms with Gasteiger partial charge in [0.05, 0.1) is 13.2 Å². The molecule has 20 heavy (non-hydrogen) atoms. The van der Waals surface area contributed by atoms with Crippen LogP contribution in [0.2, 0.25) is 0 Å². The highest BCUT2D eigenvalue weighted by atomic mass is 16.7. The first-order valence-electron chi connectivity index (χ1n) is 6.16. The summed E-state index contributed by atoms with van der Waals surface area (Å²) in [6, 6.07) is 0. The van der Waals surface area contributed by atoms with Crippen molar-refractivity contribution in [3.8, 4) is 0 Å². The molecule has 0 N–H and O–H groups in total. The van der Waals surface area contributed by atoms with Crippen LogP contribution in [0.5, 0.6) is 0 Å². The Hall–Kier alpha value is -1.22. The van der Waals surface area contributed by atoms with Crippen LogP contribution in [-0.4, -0.2) is 65.2 Å². The Kier molecular flexibility index (Phi) is 10.9. The van der Waals surface area contributed by atoms with Gasteiger partial charge in [-0.1, -0.05) is 0 Å². The van der Waals surface area contributed by atoms with Crippen LogP contribution >= 0.6 is 0 Å². The lowest BCUT2D eigenvalue weighted by Gasteiger charge is -2.23. The lowest BCUT2D eigenvalue weighted by molar-refractivity contribution is -0.201. The van der Waals surface area contributed by atoms with Crippen LogP contribution in [0.3, 0.4) is 0 Å². The standard InChI is InChI=1S/C12H22O8/c1-5-17-11(13)9(19-7-15-3)10(20-8-16-4)12(14)18-6-2/h9-10H,5-8H2,1-4H3/t9-,10-/m1/s1. The fraction of sp³-hybridized carbons (Fsp3) is 0.833. The van der Waals surface area contributed by atoms with Gasteiger partial charge in [-0.2, -0.15) is 0 Å². The molecule has 0 radical (unpaired) electrons. The van der Waals surface area contributed by atoms with Crippen molar-refractivity contribution in [2.24, 2.45) is 0 Å². The third kappa shape index (κ3) is 6.80. The summed E-state index contributed by atoms with van der Waals surface area (Å²) < 4.78 is 29.4. The van der Waals surface area contributed by atoms with Gasteiger partial charge in [-0.05, 0) is 13.8 Å². The zero-order valence-corrected chi connectivity index (χ0v) is 12.2. The van der Waals surface area contributed by atoms with Crippen LogP contribution in [0.4, 0.5) is 0 Å². The minimum absolute atomic E-state index is 0.144. The molecule has 0 rings (SSSR count). The summed E-state index contributed by atoms with van der Waals surface area (Å²) in [7, 11) is 2.77. The normalized spacial score (nSPS) is 13.6. The zero-order chi connectivity index (χ0) is 15.4. The van der Waals surface area contributed by atoms with E-state index in [9.17, 15) is 9.59 Å². The average Bonchev–Trinajstić information content (AvgIpc) is 2.42. The van der Waals surface area contributed by atoms with Gasteiger partial charge in [0, 0.05) is 14.2 Å². The molecule has 118 valence electrons. The summed E-state index contributed by atoms with van der Waals surface area (Å²) in [6.45, 7) is 3.17. The molecule has 0 amide bonds. The average molecular weight is 294 g/mol. The van der Waals surface area contributed by atoms with Crippen LogP contribution in [0.25, 0.3) is 0 Å². The number of hydrogen-bond donors (Lipinski definition) is 0. The molecule has 0 heterocycles. The van der Waals surface area contributed by atoms with E-state index in [-0.39, 0.29) is 26.8 Å². The van der Waals surface area contributed by atoms with E-state index in [0.29, 0.717) is 0 Å². The maximum atomic E-state index is 11.8. The minimum atomic E-state index is -1.29. The summed E-state index contributed by atoms with van der Waals surface area (Å²) in [4.78, 5) is 23.7. The maximum absolute atomic E-state index is 11.8. The molecule has 8 nitrogen and oxygen atoms in total. The van der Waals surface area contributed by atoms with E-state index in [1.54, 1.807) is 13.8 Å². The molecular weight excluding hydrogens is 272 g/mol. The summed E-state index contributed by atoms with van der Waals surface area (Å²) in [6.07, 6.45) is -2.58. The molecule has 0 aromatic heterocycles. The second-order valence-corrected chi connectivity index (χ2v) is 3.49. The summed E-state index contributed by atoms with van der Waals surface area (Å²) >= 11 is 0. The molecule has 0 unspecified atom stereocenters. The van der Waals surface area contributed by atoms with Crippen LogP contribution in [0, 0.1) is 0 Å². The quantitative estimate of drug-likeness (QED) is 0.391. The second-order valence-electron chi connectivity index (χ2n) is 3.49. The number of carbonyl (C=O) groups is 2. The van der Waals surface area contributed by atoms with Crippen LogP contribution < -0.4 is 0 Å². The largest absolute Gasteiger partial charge is 0.464 e. The van der Waals surface area contributed by atoms with Gasteiger partial charge in [0.2, 0.25) is 0 Å². The van der Waals surface area contributed by atoms with Gasteiger partial charge >= 0.3 is 11.9 Å². The topological polar surface area (TPSA) is 89.5 Å². The SMILES string of the molecule is CCOC(=O)[C@H](OCOC)[C@@H](OCOC)C(=O)OCC. The van der Waals surface area contributed by atoms with Crippen molar-refractivity contribution in [3.63, 3.8) is 0 Å². The van der Waals surface area contributed by atoms with E-state index in [0.717, 1.165) is 0 Å². The lowest BCUT2D eigenvalue weighted by atomic mass is 10.2. The first-order valence-corrected chi connectivity index (χ1v) is 6.16. The fourth-order valence-corrected chi connectivity index (χ4v) is 1.29. The summed E-state index contributed by atoms with van der Waals surface area (Å²) in [5.74, 6) is -1.47. The Morgan fingerprint density at radius 3 is 1.40 bits per heavy atom. The van der Waals surface area contributed by atoms with Crippen molar-refractivity contribution in [1.29, 1.82) is 0 Å². The number of carbonyl (C=O) groups excluding carboxylic acids is 2. The number of hydrogen-bond acceptors (Lipinski definition) is 8. The van der Waals surface area contributed by atoms with E-state index in [2.05, 4.69) is 0 Å². The Labute approximate surface area is 118 Å². The third-order valence-electron chi connectivity index (χ3n) is 2.04. The first kappa shape index (κ1) is 18.8. The predicted molar refractivity (Wildman–Crippen MR) is 66.8 cm³/mol. The van der Waals surface area contributed by atoms with Crippen molar-refractivity contribution >= 4 is 11.9 Å². The van der Waals surface area contributed by atoms with Gasteiger partial charge in [-0.25, -0.2) is 9.59 Å². The van der Waals surface area contributed by atoms with E-state index in [1.165, 1.54) is 14.2 Å². The summed E-state index contributed by atoms with van der Waals surface area (Å²) in [5.41, 5.74) is 0. The number of rotatable bonds is 11. The van der Waals surface area contributed by atoms with Gasteiger partial charge in [0.25, 0.3) is 0 Å². The van der Waals surface area contributed by atoms with Gasteiger partial charge in [0.15, 0.2) is 12.2 Å². The van der Waals surface area contributed by atoms with Gasteiger partial charge in [-0.15, -0.1) is 0 Å². The molecule has 0 aliphatic carbocycles. The van der Waals surface area contributed by atoms with Crippen molar-refractivity contribution in [2.45, 2.75) is 26.1 Å². The van der Waals surface area contributed by atoms with Crippen molar-refractivity contribution in [2.75, 3.05) is 41.0 Å². The maximum Gasteiger partial charge on any atom is 0.338 e. The number of esters is 2. The van der Waals surface area contributed by atoms with E-state index >= 15 is 0 Å². The molecular formula is C12H22O8. The first-order chi connectivity index (χ1) is 9.62.